The number of aromatic nitrogens is 2. The molecule has 0 spiro atoms. The number of carbonyl (C=O) groups is 9. The number of amides is 4. The predicted molar refractivity (Wildman–Crippen MR) is 480 cm³/mol. The molecule has 3 atom stereocenters. The van der Waals surface area contributed by atoms with E-state index in [-0.39, 0.29) is 76.9 Å². The Hall–Kier alpha value is -10.8. The Morgan fingerprint density at radius 3 is 1.70 bits per heavy atom. The lowest BCUT2D eigenvalue weighted by Gasteiger charge is -2.38. The maximum atomic E-state index is 13.5. The Bertz CT molecular complexity index is 5430. The Labute approximate surface area is 720 Å². The van der Waals surface area contributed by atoms with E-state index >= 15 is 0 Å². The number of carbonyl (C=O) groups excluding carboxylic acids is 9. The number of para-hydroxylation sites is 4. The zero-order valence-electron chi connectivity index (χ0n) is 71.8. The van der Waals surface area contributed by atoms with Crippen molar-refractivity contribution in [1.82, 2.24) is 14.6 Å². The highest BCUT2D eigenvalue weighted by Crippen LogP contribution is 2.45. The van der Waals surface area contributed by atoms with E-state index in [1.807, 2.05) is 68.7 Å². The number of piperidine rings is 1. The molecule has 3 unspecified atom stereocenters. The van der Waals surface area contributed by atoms with E-state index in [1.165, 1.54) is 94.5 Å². The molecule has 9 aromatic rings. The lowest BCUT2D eigenvalue weighted by atomic mass is 9.83. The maximum absolute atomic E-state index is 13.5. The molecule has 0 bridgehead atoms. The van der Waals surface area contributed by atoms with Crippen molar-refractivity contribution in [2.24, 2.45) is 0 Å². The van der Waals surface area contributed by atoms with Gasteiger partial charge in [-0.25, -0.2) is 4.39 Å². The number of ether oxygens (including phenoxy) is 1. The third-order valence-corrected chi connectivity index (χ3v) is 25.3. The molecule has 1 saturated heterocycles. The molecular weight excluding hydrogens is 1560 g/mol. The number of Topliss-reactive ketones (excluding diaryl/α,β-unsaturated/α-hetero) is 4. The highest BCUT2D eigenvalue weighted by molar-refractivity contribution is 6.18. The minimum Gasteiger partial charge on any atom is -0.466 e. The number of nitrogens with one attached hydrogen (secondary N) is 1. The SMILES string of the molecule is CC(=O)CC(=O)N1CCCc2ccccc21.CC1CC(=O)N2CCCc3cc(C(=O)CCCCl)cc1c32.CC1CC(=O)N2CCCc3cc(C(=O)CCCN4CCC(c5noc6cc(F)ccc56)CC4)cc1c32.CC1CC(=O)N2CCCc3cccc1c32.CCOC(=O)CC(C)=O.Cc1cc(=O)n2c3c(cccc13)CCC2.c1ccc2c(c1)CCCN2. The van der Waals surface area contributed by atoms with Gasteiger partial charge in [0.05, 0.1) is 41.3 Å². The van der Waals surface area contributed by atoms with Gasteiger partial charge >= 0.3 is 5.97 Å². The van der Waals surface area contributed by atoms with Crippen LogP contribution in [0.5, 0.6) is 0 Å². The van der Waals surface area contributed by atoms with Crippen LogP contribution in [0, 0.1) is 12.7 Å². The number of benzene rings is 7. The summed E-state index contributed by atoms with van der Waals surface area (Å²) in [6.45, 7) is 21.3. The van der Waals surface area contributed by atoms with Gasteiger partial charge in [-0.2, -0.15) is 0 Å². The molecule has 1 fully saturated rings. The number of hydrogen-bond donors (Lipinski definition) is 1. The van der Waals surface area contributed by atoms with Crippen LogP contribution in [0.25, 0.3) is 21.9 Å². The van der Waals surface area contributed by atoms with Gasteiger partial charge in [0.25, 0.3) is 5.56 Å². The van der Waals surface area contributed by atoms with Gasteiger partial charge in [-0.15, -0.1) is 11.6 Å². The molecule has 19 rings (SSSR count). The lowest BCUT2D eigenvalue weighted by molar-refractivity contribution is -0.145. The molecule has 10 aliphatic heterocycles. The number of ketones is 4. The van der Waals surface area contributed by atoms with Crippen molar-refractivity contribution in [3.63, 3.8) is 0 Å². The van der Waals surface area contributed by atoms with Crippen molar-refractivity contribution in [2.75, 3.05) is 89.8 Å². The van der Waals surface area contributed by atoms with E-state index in [0.29, 0.717) is 74.3 Å². The zero-order valence-corrected chi connectivity index (χ0v) is 72.6. The van der Waals surface area contributed by atoms with Gasteiger partial charge in [-0.1, -0.05) is 98.7 Å². The summed E-state index contributed by atoms with van der Waals surface area (Å²) < 4.78 is 25.2. The number of esters is 1. The molecule has 22 heteroatoms. The average Bonchev–Trinajstić information content (AvgIpc) is 0.877. The number of anilines is 5. The van der Waals surface area contributed by atoms with E-state index in [1.54, 1.807) is 24.0 Å². The third-order valence-electron chi connectivity index (χ3n) is 25.0. The zero-order chi connectivity index (χ0) is 86.3. The van der Waals surface area contributed by atoms with Crippen LogP contribution < -0.4 is 30.5 Å². The standard InChI is InChI=1S/C29H32FN3O3.C17H20ClNO2.C13H15NO2.C13H15NO.C13H13NO.C9H11N.C6H10O3/c1-18-14-27(35)33-11-2-4-20-15-21(16-24(18)29(20)33)25(34)5-3-10-32-12-8-19(9-13-32)28-23-7-6-22(30)17-26(23)36-31-28;1-11-8-16(21)19-7-3-4-12-9-13(10-14(11)17(12)19)15(20)5-2-6-18;1-10(15)9-13(16)14-8-4-6-11-5-2-3-7-12(11)14;2*1-9-8-12(15)14-7-3-5-10-4-2-6-11(9)13(10)14;1-2-6-9-8(4-1)5-3-7-10-9;1-3-9-6(8)4-5(2)7/h6-7,15-19H,2-5,8-14H2,1H3;9-11H,2-8H2,1H3;2-3,5,7H,4,6,8-9H2,1H3;2,4,6,9H,3,5,7-8H2,1H3;2,4,6,8H,3,5,7H2,1H3;1-2,4,6,10H,3,5,7H2;3-4H2,1-2H3. The van der Waals surface area contributed by atoms with Crippen molar-refractivity contribution in [2.45, 2.75) is 226 Å². The van der Waals surface area contributed by atoms with Crippen LogP contribution in [0.1, 0.15) is 256 Å². The van der Waals surface area contributed by atoms with Gasteiger partial charge in [0.15, 0.2) is 17.1 Å². The van der Waals surface area contributed by atoms with Crippen LogP contribution in [0.4, 0.5) is 32.8 Å². The van der Waals surface area contributed by atoms with Gasteiger partial charge in [-0.3, -0.25) is 47.9 Å². The summed E-state index contributed by atoms with van der Waals surface area (Å²) in [7, 11) is 0. The van der Waals surface area contributed by atoms with Crippen molar-refractivity contribution < 1.29 is 56.8 Å². The molecule has 12 heterocycles. The summed E-state index contributed by atoms with van der Waals surface area (Å²) in [5, 5.41) is 9.74. The van der Waals surface area contributed by atoms with E-state index in [2.05, 4.69) is 108 Å². The molecule has 20 nitrogen and oxygen atoms in total. The van der Waals surface area contributed by atoms with Crippen LogP contribution in [0.3, 0.4) is 0 Å². The van der Waals surface area contributed by atoms with Gasteiger partial charge in [-0.05, 0) is 272 Å². The predicted octanol–water partition coefficient (Wildman–Crippen LogP) is 18.5. The van der Waals surface area contributed by atoms with E-state index < -0.39 is 5.97 Å². The first-order valence-electron chi connectivity index (χ1n) is 44.2. The number of alkyl halides is 1. The number of pyridine rings is 1. The molecule has 0 saturated carbocycles. The molecule has 7 aromatic carbocycles. The first-order valence-corrected chi connectivity index (χ1v) is 44.7. The Kier molecular flexibility index (Phi) is 30.2. The van der Waals surface area contributed by atoms with E-state index in [9.17, 15) is 52.3 Å². The van der Waals surface area contributed by atoms with E-state index in [4.69, 9.17) is 16.1 Å². The van der Waals surface area contributed by atoms with Crippen molar-refractivity contribution in [1.29, 1.82) is 0 Å². The van der Waals surface area contributed by atoms with Gasteiger partial charge < -0.3 is 43.6 Å². The van der Waals surface area contributed by atoms with Gasteiger partial charge in [0.2, 0.25) is 23.6 Å². The first-order chi connectivity index (χ1) is 58.9. The number of nitrogens with zero attached hydrogens (tertiary/aromatic N) is 7. The normalized spacial score (nSPS) is 18.1. The highest BCUT2D eigenvalue weighted by atomic mass is 35.5. The van der Waals surface area contributed by atoms with Crippen molar-refractivity contribution >= 4 is 115 Å². The molecule has 642 valence electrons. The lowest BCUT2D eigenvalue weighted by Crippen LogP contribution is -2.40. The quantitative estimate of drug-likeness (QED) is 0.0434. The second kappa shape index (κ2) is 41.4. The minimum atomic E-state index is -0.440. The number of hydrogen-bond acceptors (Lipinski definition) is 15. The second-order valence-corrected chi connectivity index (χ2v) is 34.5. The molecule has 10 aliphatic rings. The molecule has 122 heavy (non-hydrogen) atoms. The van der Waals surface area contributed by atoms with Crippen LogP contribution in [-0.2, 0) is 83.4 Å². The summed E-state index contributed by atoms with van der Waals surface area (Å²) in [6, 6.07) is 43.7. The summed E-state index contributed by atoms with van der Waals surface area (Å²) in [5.41, 5.74) is 22.5. The minimum absolute atomic E-state index is 0.00827. The third kappa shape index (κ3) is 21.3. The smallest absolute Gasteiger partial charge is 0.313 e. The van der Waals surface area contributed by atoms with Gasteiger partial charge in [0.1, 0.15) is 23.8 Å². The number of aryl methyl sites for hydroxylation is 8. The number of fused-ring (bicyclic) bond motifs is 3. The molecule has 0 radical (unpaired) electrons. The average molecular weight is 1680 g/mol. The largest absolute Gasteiger partial charge is 0.466 e. The fraction of sp³-hybridized carbons (Fsp3) is 0.450. The molecule has 0 aliphatic carbocycles. The van der Waals surface area contributed by atoms with E-state index in [0.717, 1.165) is 204 Å². The summed E-state index contributed by atoms with van der Waals surface area (Å²) in [4.78, 5) is 127. The number of halogens is 2. The number of likely N-dealkylation sites (tertiary alicyclic amines) is 1. The van der Waals surface area contributed by atoms with Crippen molar-refractivity contribution in [3.8, 4) is 0 Å². The van der Waals surface area contributed by atoms with Crippen LogP contribution in [0.15, 0.2) is 143 Å². The maximum Gasteiger partial charge on any atom is 0.313 e. The summed E-state index contributed by atoms with van der Waals surface area (Å²) >= 11 is 5.68. The van der Waals surface area contributed by atoms with Crippen LogP contribution >= 0.6 is 11.6 Å². The number of rotatable bonds is 15. The fourth-order valence-corrected chi connectivity index (χ4v) is 19.1. The second-order valence-electron chi connectivity index (χ2n) is 34.1. The Balaban J connectivity index is 0.000000129. The first kappa shape index (κ1) is 89.0. The Morgan fingerprint density at radius 1 is 0.541 bits per heavy atom. The van der Waals surface area contributed by atoms with Crippen LogP contribution in [0.2, 0.25) is 0 Å². The molecule has 2 aromatic heterocycles. The monoisotopic (exact) mass is 1670 g/mol. The molecular formula is C100H116ClFN8O12. The topological polar surface area (TPSA) is 239 Å². The molecule has 4 amide bonds. The highest BCUT2D eigenvalue weighted by Gasteiger charge is 2.37. The Morgan fingerprint density at radius 2 is 1.07 bits per heavy atom. The molecule has 1 N–H and O–H groups in total. The van der Waals surface area contributed by atoms with Gasteiger partial charge in [0, 0.05) is 129 Å². The van der Waals surface area contributed by atoms with Crippen LogP contribution in [-0.4, -0.2) is 132 Å². The van der Waals surface area contributed by atoms with Crippen molar-refractivity contribution in [3.05, 3.63) is 222 Å². The summed E-state index contributed by atoms with van der Waals surface area (Å²) in [5.74, 6) is 1.62. The summed E-state index contributed by atoms with van der Waals surface area (Å²) in [6.07, 6.45) is 18.9. The fourth-order valence-electron chi connectivity index (χ4n) is 19.0.